The van der Waals surface area contributed by atoms with Crippen LogP contribution in [0.2, 0.25) is 0 Å². The highest BCUT2D eigenvalue weighted by Gasteiger charge is 2.16. The molecule has 0 spiro atoms. The normalized spacial score (nSPS) is 10.4. The molecule has 0 aliphatic carbocycles. The second kappa shape index (κ2) is 7.96. The minimum atomic E-state index is -0.117. The van der Waals surface area contributed by atoms with E-state index in [1.165, 1.54) is 0 Å². The molecular weight excluding hydrogens is 334 g/mol. The van der Waals surface area contributed by atoms with Gasteiger partial charge in [-0.2, -0.15) is 0 Å². The lowest BCUT2D eigenvalue weighted by Crippen LogP contribution is -2.19. The molecular formula is C23H25N3O. The molecule has 138 valence electrons. The smallest absolute Gasteiger partial charge is 0.257 e. The summed E-state index contributed by atoms with van der Waals surface area (Å²) < 4.78 is 0. The number of anilines is 4. The molecule has 0 heterocycles. The fourth-order valence-electron chi connectivity index (χ4n) is 3.00. The number of carbonyl (C=O) groups is 1. The Balaban J connectivity index is 1.88. The number of hydrogen-bond donors (Lipinski definition) is 1. The van der Waals surface area contributed by atoms with Crippen molar-refractivity contribution in [1.82, 2.24) is 0 Å². The molecule has 0 radical (unpaired) electrons. The second-order valence-electron chi connectivity index (χ2n) is 6.76. The van der Waals surface area contributed by atoms with Gasteiger partial charge in [-0.15, -0.1) is 0 Å². The van der Waals surface area contributed by atoms with Crippen LogP contribution in [0.1, 0.15) is 15.9 Å². The Labute approximate surface area is 161 Å². The van der Waals surface area contributed by atoms with Crippen molar-refractivity contribution in [2.75, 3.05) is 36.3 Å². The summed E-state index contributed by atoms with van der Waals surface area (Å²) in [4.78, 5) is 17.1. The number of nitrogens with one attached hydrogen (secondary N) is 1. The molecule has 3 rings (SSSR count). The number of para-hydroxylation sites is 2. The topological polar surface area (TPSA) is 35.6 Å². The molecule has 0 fully saturated rings. The van der Waals surface area contributed by atoms with Gasteiger partial charge < -0.3 is 15.1 Å². The first-order chi connectivity index (χ1) is 13.0. The predicted octanol–water partition coefficient (Wildman–Crippen LogP) is 5.08. The summed E-state index contributed by atoms with van der Waals surface area (Å²) in [5.41, 5.74) is 5.49. The number of aryl methyl sites for hydroxylation is 1. The van der Waals surface area contributed by atoms with Crippen molar-refractivity contribution in [3.05, 3.63) is 83.9 Å². The molecule has 3 aromatic carbocycles. The van der Waals surface area contributed by atoms with Gasteiger partial charge in [0.25, 0.3) is 5.91 Å². The van der Waals surface area contributed by atoms with E-state index in [-0.39, 0.29) is 5.91 Å². The van der Waals surface area contributed by atoms with E-state index < -0.39 is 0 Å². The lowest BCUT2D eigenvalue weighted by atomic mass is 10.1. The molecule has 3 aromatic rings. The van der Waals surface area contributed by atoms with Crippen molar-refractivity contribution in [2.45, 2.75) is 6.92 Å². The molecule has 0 atom stereocenters. The largest absolute Gasteiger partial charge is 0.378 e. The molecule has 0 unspecified atom stereocenters. The summed E-state index contributed by atoms with van der Waals surface area (Å²) in [6, 6.07) is 23.7. The summed E-state index contributed by atoms with van der Waals surface area (Å²) in [6.07, 6.45) is 0. The molecule has 1 amide bonds. The minimum absolute atomic E-state index is 0.117. The van der Waals surface area contributed by atoms with E-state index in [4.69, 9.17) is 0 Å². The average Bonchev–Trinajstić information content (AvgIpc) is 2.69. The monoisotopic (exact) mass is 359 g/mol. The predicted molar refractivity (Wildman–Crippen MR) is 114 cm³/mol. The van der Waals surface area contributed by atoms with Crippen LogP contribution >= 0.6 is 0 Å². The number of carbonyl (C=O) groups excluding carboxylic acids is 1. The zero-order chi connectivity index (χ0) is 19.4. The SMILES string of the molecule is Cc1cc(N(C)C)ccc1NC(=O)c1ccccc1N(C)c1ccccc1. The fraction of sp³-hybridized carbons (Fsp3) is 0.174. The van der Waals surface area contributed by atoms with Gasteiger partial charge in [0.05, 0.1) is 11.3 Å². The lowest BCUT2D eigenvalue weighted by molar-refractivity contribution is 0.102. The van der Waals surface area contributed by atoms with Crippen LogP contribution in [0.25, 0.3) is 0 Å². The second-order valence-corrected chi connectivity index (χ2v) is 6.76. The van der Waals surface area contributed by atoms with Crippen LogP contribution in [0.5, 0.6) is 0 Å². The molecule has 27 heavy (non-hydrogen) atoms. The van der Waals surface area contributed by atoms with Crippen LogP contribution in [0.4, 0.5) is 22.7 Å². The summed E-state index contributed by atoms with van der Waals surface area (Å²) in [6.45, 7) is 2.00. The maximum absolute atomic E-state index is 13.0. The van der Waals surface area contributed by atoms with Crippen LogP contribution < -0.4 is 15.1 Å². The standard InChI is InChI=1S/C23H25N3O/c1-17-16-19(25(2)3)14-15-21(17)24-23(27)20-12-8-9-13-22(20)26(4)18-10-6-5-7-11-18/h5-16H,1-4H3,(H,24,27). The number of hydrogen-bond acceptors (Lipinski definition) is 3. The number of rotatable bonds is 5. The van der Waals surface area contributed by atoms with Gasteiger partial charge in [0.1, 0.15) is 0 Å². The maximum atomic E-state index is 13.0. The van der Waals surface area contributed by atoms with Gasteiger partial charge in [-0.3, -0.25) is 4.79 Å². The Morgan fingerprint density at radius 3 is 2.15 bits per heavy atom. The number of nitrogens with zero attached hydrogens (tertiary/aromatic N) is 2. The minimum Gasteiger partial charge on any atom is -0.378 e. The van der Waals surface area contributed by atoms with Crippen LogP contribution in [0, 0.1) is 6.92 Å². The molecule has 0 aliphatic rings. The summed E-state index contributed by atoms with van der Waals surface area (Å²) in [5.74, 6) is -0.117. The molecule has 0 saturated heterocycles. The highest BCUT2D eigenvalue weighted by atomic mass is 16.1. The van der Waals surface area contributed by atoms with Crippen molar-refractivity contribution in [3.8, 4) is 0 Å². The molecule has 0 aromatic heterocycles. The van der Waals surface area contributed by atoms with E-state index in [1.807, 2.05) is 105 Å². The maximum Gasteiger partial charge on any atom is 0.257 e. The van der Waals surface area contributed by atoms with Crippen molar-refractivity contribution in [1.29, 1.82) is 0 Å². The van der Waals surface area contributed by atoms with Crippen LogP contribution in [-0.2, 0) is 0 Å². The summed E-state index contributed by atoms with van der Waals surface area (Å²) in [7, 11) is 5.98. The van der Waals surface area contributed by atoms with Crippen LogP contribution in [0.3, 0.4) is 0 Å². The van der Waals surface area contributed by atoms with Crippen molar-refractivity contribution >= 4 is 28.7 Å². The Hall–Kier alpha value is -3.27. The molecule has 4 nitrogen and oxygen atoms in total. The molecule has 1 N–H and O–H groups in total. The van der Waals surface area contributed by atoms with Gasteiger partial charge in [-0.1, -0.05) is 30.3 Å². The molecule has 0 aliphatic heterocycles. The van der Waals surface area contributed by atoms with Gasteiger partial charge in [-0.05, 0) is 55.0 Å². The molecule has 4 heteroatoms. The van der Waals surface area contributed by atoms with Crippen LogP contribution in [-0.4, -0.2) is 27.1 Å². The third-order valence-corrected chi connectivity index (χ3v) is 4.63. The van der Waals surface area contributed by atoms with Crippen molar-refractivity contribution in [2.24, 2.45) is 0 Å². The number of amides is 1. The average molecular weight is 359 g/mol. The van der Waals surface area contributed by atoms with Gasteiger partial charge in [0.2, 0.25) is 0 Å². The zero-order valence-corrected chi connectivity index (χ0v) is 16.2. The third kappa shape index (κ3) is 4.11. The summed E-state index contributed by atoms with van der Waals surface area (Å²) >= 11 is 0. The highest BCUT2D eigenvalue weighted by molar-refractivity contribution is 6.09. The third-order valence-electron chi connectivity index (χ3n) is 4.63. The Bertz CT molecular complexity index is 935. The first kappa shape index (κ1) is 18.5. The number of benzene rings is 3. The first-order valence-corrected chi connectivity index (χ1v) is 8.94. The van der Waals surface area contributed by atoms with E-state index in [9.17, 15) is 4.79 Å². The Morgan fingerprint density at radius 1 is 0.815 bits per heavy atom. The van der Waals surface area contributed by atoms with E-state index in [1.54, 1.807) is 0 Å². The van der Waals surface area contributed by atoms with E-state index in [0.717, 1.165) is 28.3 Å². The quantitative estimate of drug-likeness (QED) is 0.690. The van der Waals surface area contributed by atoms with E-state index in [0.29, 0.717) is 5.56 Å². The Kier molecular flexibility index (Phi) is 5.46. The van der Waals surface area contributed by atoms with Crippen molar-refractivity contribution in [3.63, 3.8) is 0 Å². The molecule has 0 saturated carbocycles. The Morgan fingerprint density at radius 2 is 1.48 bits per heavy atom. The van der Waals surface area contributed by atoms with E-state index in [2.05, 4.69) is 11.4 Å². The van der Waals surface area contributed by atoms with Gasteiger partial charge >= 0.3 is 0 Å². The van der Waals surface area contributed by atoms with Gasteiger partial charge in [0, 0.05) is 38.2 Å². The molecule has 0 bridgehead atoms. The van der Waals surface area contributed by atoms with Crippen LogP contribution in [0.15, 0.2) is 72.8 Å². The zero-order valence-electron chi connectivity index (χ0n) is 16.2. The van der Waals surface area contributed by atoms with E-state index >= 15 is 0 Å². The highest BCUT2D eigenvalue weighted by Crippen LogP contribution is 2.28. The lowest BCUT2D eigenvalue weighted by Gasteiger charge is -2.22. The summed E-state index contributed by atoms with van der Waals surface area (Å²) in [5, 5.41) is 3.06. The fourth-order valence-corrected chi connectivity index (χ4v) is 3.00. The van der Waals surface area contributed by atoms with Gasteiger partial charge in [0.15, 0.2) is 0 Å². The van der Waals surface area contributed by atoms with Gasteiger partial charge in [-0.25, -0.2) is 0 Å². The first-order valence-electron chi connectivity index (χ1n) is 8.94. The van der Waals surface area contributed by atoms with Crippen molar-refractivity contribution < 1.29 is 4.79 Å².